The minimum Gasteiger partial charge on any atom is -0.481 e. The van der Waals surface area contributed by atoms with E-state index in [-0.39, 0.29) is 6.42 Å². The number of carbonyl (C=O) groups is 1. The van der Waals surface area contributed by atoms with Crippen LogP contribution in [-0.4, -0.2) is 11.1 Å². The zero-order valence-electron chi connectivity index (χ0n) is 7.16. The lowest BCUT2D eigenvalue weighted by atomic mass is 10.1. The highest BCUT2D eigenvalue weighted by Crippen LogP contribution is 2.31. The number of aliphatic carboxylic acids is 1. The van der Waals surface area contributed by atoms with Crippen molar-refractivity contribution in [3.8, 4) is 0 Å². The van der Waals surface area contributed by atoms with E-state index in [1.165, 1.54) is 11.3 Å². The van der Waals surface area contributed by atoms with E-state index in [0.29, 0.717) is 4.34 Å². The Morgan fingerprint density at radius 3 is 3.00 bits per heavy atom. The van der Waals surface area contributed by atoms with Gasteiger partial charge in [-0.05, 0) is 23.1 Å². The molecule has 0 radical (unpaired) electrons. The van der Waals surface area contributed by atoms with Crippen molar-refractivity contribution in [3.05, 3.63) is 34.2 Å². The molecule has 72 valence electrons. The topological polar surface area (TPSA) is 37.3 Å². The molecule has 0 atom stereocenters. The zero-order valence-corrected chi connectivity index (χ0v) is 8.73. The van der Waals surface area contributed by atoms with Crippen LogP contribution >= 0.6 is 22.9 Å². The van der Waals surface area contributed by atoms with Crippen LogP contribution in [0.4, 0.5) is 0 Å². The van der Waals surface area contributed by atoms with E-state index in [2.05, 4.69) is 0 Å². The van der Waals surface area contributed by atoms with Gasteiger partial charge in [-0.15, -0.1) is 11.3 Å². The number of benzene rings is 1. The molecule has 1 aromatic carbocycles. The molecule has 1 heterocycles. The summed E-state index contributed by atoms with van der Waals surface area (Å²) in [5, 5.41) is 9.65. The summed E-state index contributed by atoms with van der Waals surface area (Å²) in [4.78, 5) is 10.6. The van der Waals surface area contributed by atoms with Gasteiger partial charge in [0.1, 0.15) is 0 Å². The standard InChI is InChI=1S/C10H7ClO2S/c11-9-5-7-6(4-10(12)13)2-1-3-8(7)14-9/h1-3,5H,4H2,(H,12,13). The maximum absolute atomic E-state index is 10.6. The van der Waals surface area contributed by atoms with Gasteiger partial charge in [0.2, 0.25) is 0 Å². The largest absolute Gasteiger partial charge is 0.481 e. The third kappa shape index (κ3) is 1.74. The van der Waals surface area contributed by atoms with Crippen LogP contribution in [0.2, 0.25) is 4.34 Å². The third-order valence-electron chi connectivity index (χ3n) is 1.96. The molecule has 0 saturated heterocycles. The van der Waals surface area contributed by atoms with Crippen molar-refractivity contribution >= 4 is 39.0 Å². The fourth-order valence-electron chi connectivity index (χ4n) is 1.41. The van der Waals surface area contributed by atoms with Crippen LogP contribution < -0.4 is 0 Å². The Morgan fingerprint density at radius 2 is 2.29 bits per heavy atom. The minimum atomic E-state index is -0.820. The third-order valence-corrected chi connectivity index (χ3v) is 3.19. The summed E-state index contributed by atoms with van der Waals surface area (Å²) >= 11 is 7.33. The molecule has 0 aliphatic carbocycles. The molecule has 0 fully saturated rings. The van der Waals surface area contributed by atoms with E-state index in [9.17, 15) is 4.79 Å². The highest BCUT2D eigenvalue weighted by molar-refractivity contribution is 7.22. The molecule has 2 nitrogen and oxygen atoms in total. The average Bonchev–Trinajstić information content (AvgIpc) is 2.45. The molecule has 1 N–H and O–H groups in total. The lowest BCUT2D eigenvalue weighted by Gasteiger charge is -1.98. The predicted octanol–water partition coefficient (Wildman–Crippen LogP) is 3.18. The number of halogens is 1. The first-order valence-electron chi connectivity index (χ1n) is 4.05. The van der Waals surface area contributed by atoms with Crippen molar-refractivity contribution in [1.29, 1.82) is 0 Å². The maximum Gasteiger partial charge on any atom is 0.307 e. The number of hydrogen-bond donors (Lipinski definition) is 1. The van der Waals surface area contributed by atoms with Crippen LogP contribution in [0.15, 0.2) is 24.3 Å². The Kier molecular flexibility index (Phi) is 2.44. The summed E-state index contributed by atoms with van der Waals surface area (Å²) in [5.74, 6) is -0.820. The normalized spacial score (nSPS) is 10.6. The molecule has 4 heteroatoms. The predicted molar refractivity (Wildman–Crippen MR) is 58.2 cm³/mol. The number of carboxylic acid groups (broad SMARTS) is 1. The summed E-state index contributed by atoms with van der Waals surface area (Å²) < 4.78 is 1.73. The Bertz CT molecular complexity index is 490. The Labute approximate surface area is 89.7 Å². The smallest absolute Gasteiger partial charge is 0.307 e. The van der Waals surface area contributed by atoms with Gasteiger partial charge in [-0.25, -0.2) is 0 Å². The molecule has 0 aliphatic rings. The van der Waals surface area contributed by atoms with Crippen molar-refractivity contribution in [2.24, 2.45) is 0 Å². The highest BCUT2D eigenvalue weighted by atomic mass is 35.5. The van der Waals surface area contributed by atoms with Gasteiger partial charge in [-0.2, -0.15) is 0 Å². The van der Waals surface area contributed by atoms with Crippen LogP contribution in [0.25, 0.3) is 10.1 Å². The Balaban J connectivity index is 2.58. The molecular formula is C10H7ClO2S. The van der Waals surface area contributed by atoms with Crippen LogP contribution in [0.3, 0.4) is 0 Å². The van der Waals surface area contributed by atoms with Gasteiger partial charge >= 0.3 is 5.97 Å². The van der Waals surface area contributed by atoms with E-state index in [1.54, 1.807) is 0 Å². The fourth-order valence-corrected chi connectivity index (χ4v) is 2.60. The Hall–Kier alpha value is -1.06. The van der Waals surface area contributed by atoms with Crippen LogP contribution in [0.1, 0.15) is 5.56 Å². The molecule has 0 bridgehead atoms. The number of thiophene rings is 1. The maximum atomic E-state index is 10.6. The SMILES string of the molecule is O=C(O)Cc1cccc2sc(Cl)cc12. The number of carboxylic acids is 1. The molecule has 14 heavy (non-hydrogen) atoms. The number of rotatable bonds is 2. The van der Waals surface area contributed by atoms with Crippen molar-refractivity contribution in [2.75, 3.05) is 0 Å². The van der Waals surface area contributed by atoms with Gasteiger partial charge < -0.3 is 5.11 Å². The van der Waals surface area contributed by atoms with Crippen LogP contribution in [-0.2, 0) is 11.2 Å². The van der Waals surface area contributed by atoms with Gasteiger partial charge in [0.15, 0.2) is 0 Å². The van der Waals surface area contributed by atoms with E-state index < -0.39 is 5.97 Å². The van der Waals surface area contributed by atoms with Gasteiger partial charge in [-0.3, -0.25) is 4.79 Å². The van der Waals surface area contributed by atoms with E-state index in [4.69, 9.17) is 16.7 Å². The molecule has 0 spiro atoms. The van der Waals surface area contributed by atoms with E-state index in [0.717, 1.165) is 15.6 Å². The summed E-state index contributed by atoms with van der Waals surface area (Å²) in [6.45, 7) is 0. The van der Waals surface area contributed by atoms with Crippen LogP contribution in [0.5, 0.6) is 0 Å². The summed E-state index contributed by atoms with van der Waals surface area (Å²) in [5.41, 5.74) is 0.818. The van der Waals surface area contributed by atoms with E-state index in [1.807, 2.05) is 24.3 Å². The van der Waals surface area contributed by atoms with Gasteiger partial charge in [-0.1, -0.05) is 23.7 Å². The van der Waals surface area contributed by atoms with E-state index >= 15 is 0 Å². The average molecular weight is 227 g/mol. The van der Waals surface area contributed by atoms with Crippen molar-refractivity contribution in [2.45, 2.75) is 6.42 Å². The second-order valence-corrected chi connectivity index (χ2v) is 4.67. The molecule has 1 aromatic heterocycles. The summed E-state index contributed by atoms with van der Waals surface area (Å²) in [7, 11) is 0. The summed E-state index contributed by atoms with van der Waals surface area (Å²) in [6, 6.07) is 7.43. The first kappa shape index (κ1) is 9.49. The van der Waals surface area contributed by atoms with Gasteiger partial charge in [0.05, 0.1) is 10.8 Å². The minimum absolute atomic E-state index is 0.0460. The number of hydrogen-bond acceptors (Lipinski definition) is 2. The lowest BCUT2D eigenvalue weighted by Crippen LogP contribution is -1.99. The second kappa shape index (κ2) is 3.59. The summed E-state index contributed by atoms with van der Waals surface area (Å²) in [6.07, 6.45) is 0.0460. The molecule has 0 aliphatic heterocycles. The monoisotopic (exact) mass is 226 g/mol. The van der Waals surface area contributed by atoms with Crippen molar-refractivity contribution in [3.63, 3.8) is 0 Å². The first-order chi connectivity index (χ1) is 6.66. The van der Waals surface area contributed by atoms with Crippen molar-refractivity contribution < 1.29 is 9.90 Å². The molecule has 0 amide bonds. The molecule has 2 rings (SSSR count). The molecule has 0 saturated carbocycles. The molecule has 2 aromatic rings. The second-order valence-electron chi connectivity index (χ2n) is 2.95. The van der Waals surface area contributed by atoms with Gasteiger partial charge in [0.25, 0.3) is 0 Å². The van der Waals surface area contributed by atoms with Gasteiger partial charge in [0, 0.05) is 4.70 Å². The Morgan fingerprint density at radius 1 is 1.50 bits per heavy atom. The van der Waals surface area contributed by atoms with Crippen LogP contribution in [0, 0.1) is 0 Å². The first-order valence-corrected chi connectivity index (χ1v) is 5.25. The number of fused-ring (bicyclic) bond motifs is 1. The quantitative estimate of drug-likeness (QED) is 0.854. The van der Waals surface area contributed by atoms with Crippen molar-refractivity contribution in [1.82, 2.24) is 0 Å². The molecular weight excluding hydrogens is 220 g/mol. The fraction of sp³-hybridized carbons (Fsp3) is 0.100. The highest BCUT2D eigenvalue weighted by Gasteiger charge is 2.07. The lowest BCUT2D eigenvalue weighted by molar-refractivity contribution is -0.136. The zero-order chi connectivity index (χ0) is 10.1. The molecule has 0 unspecified atom stereocenters.